The van der Waals surface area contributed by atoms with Crippen LogP contribution in [-0.4, -0.2) is 39.0 Å². The van der Waals surface area contributed by atoms with Crippen molar-refractivity contribution >= 4 is 23.7 Å². The van der Waals surface area contributed by atoms with Crippen molar-refractivity contribution in [1.29, 1.82) is 0 Å². The Morgan fingerprint density at radius 2 is 1.92 bits per heavy atom. The number of thioether (sulfide) groups is 1. The van der Waals surface area contributed by atoms with Gasteiger partial charge in [-0.2, -0.15) is 0 Å². The predicted molar refractivity (Wildman–Crippen MR) is 99.1 cm³/mol. The zero-order valence-corrected chi connectivity index (χ0v) is 15.8. The molecular formula is C18H21N3O2S2. The van der Waals surface area contributed by atoms with Crippen LogP contribution in [-0.2, 0) is 7.05 Å². The van der Waals surface area contributed by atoms with E-state index >= 15 is 0 Å². The maximum atomic E-state index is 5.49. The fourth-order valence-corrected chi connectivity index (χ4v) is 6.52. The molecule has 2 aromatic rings. The van der Waals surface area contributed by atoms with E-state index in [9.17, 15) is 0 Å². The molecule has 3 aliphatic rings. The monoisotopic (exact) mass is 375 g/mol. The number of fused-ring (bicyclic) bond motifs is 2. The van der Waals surface area contributed by atoms with Crippen LogP contribution in [0.5, 0.6) is 11.5 Å². The minimum absolute atomic E-state index is 0.340. The second-order valence-corrected chi connectivity index (χ2v) is 9.44. The Bertz CT molecular complexity index is 767. The molecule has 2 aliphatic heterocycles. The molecule has 0 spiro atoms. The smallest absolute Gasteiger partial charge is 0.231 e. The topological polar surface area (TPSA) is 39.5 Å². The number of imidazole rings is 1. The molecule has 5 rings (SSSR count). The molecule has 1 saturated carbocycles. The van der Waals surface area contributed by atoms with Crippen LogP contribution in [0.4, 0.5) is 0 Å². The third kappa shape index (κ3) is 3.13. The van der Waals surface area contributed by atoms with Gasteiger partial charge in [0.1, 0.15) is 0 Å². The van der Waals surface area contributed by atoms with Gasteiger partial charge >= 0.3 is 0 Å². The van der Waals surface area contributed by atoms with Crippen LogP contribution >= 0.6 is 23.7 Å². The lowest BCUT2D eigenvalue weighted by molar-refractivity contribution is 0.174. The van der Waals surface area contributed by atoms with Crippen molar-refractivity contribution in [3.63, 3.8) is 0 Å². The molecule has 25 heavy (non-hydrogen) atoms. The lowest BCUT2D eigenvalue weighted by Gasteiger charge is -2.17. The fraction of sp³-hybridized carbons (Fsp3) is 0.500. The van der Waals surface area contributed by atoms with Gasteiger partial charge in [-0.05, 0) is 54.8 Å². The molecule has 0 N–H and O–H groups in total. The van der Waals surface area contributed by atoms with E-state index in [2.05, 4.69) is 33.0 Å². The average molecular weight is 376 g/mol. The Balaban J connectivity index is 1.18. The van der Waals surface area contributed by atoms with E-state index in [1.165, 1.54) is 30.8 Å². The van der Waals surface area contributed by atoms with Gasteiger partial charge in [0.15, 0.2) is 16.7 Å². The second kappa shape index (κ2) is 6.45. The highest BCUT2D eigenvalue weighted by Gasteiger charge is 2.41. The minimum Gasteiger partial charge on any atom is -0.454 e. The summed E-state index contributed by atoms with van der Waals surface area (Å²) in [6.45, 7) is 2.70. The first-order valence-corrected chi connectivity index (χ1v) is 10.4. The highest BCUT2D eigenvalue weighted by molar-refractivity contribution is 7.99. The summed E-state index contributed by atoms with van der Waals surface area (Å²) in [5.74, 6) is 3.37. The van der Waals surface area contributed by atoms with E-state index in [0.717, 1.165) is 28.5 Å². The summed E-state index contributed by atoms with van der Waals surface area (Å²) in [6.07, 6.45) is 6.53. The van der Waals surface area contributed by atoms with E-state index in [1.54, 1.807) is 0 Å². The van der Waals surface area contributed by atoms with Gasteiger partial charge in [0.05, 0.1) is 0 Å². The van der Waals surface area contributed by atoms with E-state index in [1.807, 2.05) is 42.2 Å². The number of hydrogen-bond donors (Lipinski definition) is 0. The van der Waals surface area contributed by atoms with E-state index in [0.29, 0.717) is 12.0 Å². The number of rotatable bonds is 4. The Kier molecular flexibility index (Phi) is 4.10. The van der Waals surface area contributed by atoms with Crippen molar-refractivity contribution in [3.05, 3.63) is 30.6 Å². The molecule has 1 aliphatic carbocycles. The summed E-state index contributed by atoms with van der Waals surface area (Å²) in [5, 5.41) is 1.87. The molecule has 1 saturated heterocycles. The number of aryl methyl sites for hydroxylation is 1. The summed E-state index contributed by atoms with van der Waals surface area (Å²) in [5.41, 5.74) is 0. The summed E-state index contributed by atoms with van der Waals surface area (Å²) in [7, 11) is 2.08. The van der Waals surface area contributed by atoms with Gasteiger partial charge in [-0.15, -0.1) is 0 Å². The average Bonchev–Trinajstić information content (AvgIpc) is 3.33. The first-order valence-electron chi connectivity index (χ1n) is 8.71. The molecule has 0 unspecified atom stereocenters. The van der Waals surface area contributed by atoms with Gasteiger partial charge in [-0.25, -0.2) is 9.29 Å². The molecule has 5 nitrogen and oxygen atoms in total. The first kappa shape index (κ1) is 15.9. The molecular weight excluding hydrogens is 354 g/mol. The lowest BCUT2D eigenvalue weighted by atomic mass is 10.0. The van der Waals surface area contributed by atoms with Crippen LogP contribution in [0.1, 0.15) is 12.8 Å². The van der Waals surface area contributed by atoms with Gasteiger partial charge in [0, 0.05) is 42.7 Å². The minimum atomic E-state index is 0.340. The van der Waals surface area contributed by atoms with Gasteiger partial charge in [-0.1, -0.05) is 11.8 Å². The maximum Gasteiger partial charge on any atom is 0.231 e. The summed E-state index contributed by atoms with van der Waals surface area (Å²) < 4.78 is 15.5. The standard InChI is InChI=1S/C18H21N3O2S2/c1-20-5-4-19-18(20)24-15-6-12-9-21(10-13(12)7-15)25-14-2-3-16-17(8-14)23-11-22-16/h2-5,8,12-13,15H,6-7,9-11H2,1H3/t12-,13+,15+. The third-order valence-corrected chi connectivity index (χ3v) is 7.65. The Labute approximate surface area is 156 Å². The van der Waals surface area contributed by atoms with Crippen LogP contribution in [0.25, 0.3) is 0 Å². The van der Waals surface area contributed by atoms with E-state index < -0.39 is 0 Å². The number of nitrogens with zero attached hydrogens (tertiary/aromatic N) is 3. The van der Waals surface area contributed by atoms with E-state index in [4.69, 9.17) is 9.47 Å². The largest absolute Gasteiger partial charge is 0.454 e. The highest BCUT2D eigenvalue weighted by Crippen LogP contribution is 2.47. The SMILES string of the molecule is Cn1ccnc1S[C@H]1C[C@@H]2CN(Sc3ccc4c(c3)OCO4)C[C@@H]2C1. The Morgan fingerprint density at radius 3 is 2.68 bits per heavy atom. The Hall–Kier alpha value is -1.31. The molecule has 0 radical (unpaired) electrons. The maximum absolute atomic E-state index is 5.49. The molecule has 7 heteroatoms. The molecule has 2 fully saturated rings. The van der Waals surface area contributed by atoms with Gasteiger partial charge in [0.2, 0.25) is 6.79 Å². The molecule has 1 aromatic carbocycles. The van der Waals surface area contributed by atoms with Crippen LogP contribution in [0.2, 0.25) is 0 Å². The van der Waals surface area contributed by atoms with E-state index in [-0.39, 0.29) is 0 Å². The lowest BCUT2D eigenvalue weighted by Crippen LogP contribution is -2.15. The normalized spacial score (nSPS) is 27.8. The molecule has 3 atom stereocenters. The number of hydrogen-bond acceptors (Lipinski definition) is 6. The molecule has 1 aromatic heterocycles. The zero-order valence-electron chi connectivity index (χ0n) is 14.1. The van der Waals surface area contributed by atoms with Crippen molar-refractivity contribution in [2.75, 3.05) is 19.9 Å². The van der Waals surface area contributed by atoms with Crippen LogP contribution in [0, 0.1) is 11.8 Å². The van der Waals surface area contributed by atoms with Crippen LogP contribution in [0.15, 0.2) is 40.6 Å². The number of aromatic nitrogens is 2. The van der Waals surface area contributed by atoms with Crippen molar-refractivity contribution in [1.82, 2.24) is 13.9 Å². The van der Waals surface area contributed by atoms with Crippen LogP contribution in [0.3, 0.4) is 0 Å². The Morgan fingerprint density at radius 1 is 1.12 bits per heavy atom. The molecule has 0 amide bonds. The molecule has 3 heterocycles. The fourth-order valence-electron chi connectivity index (χ4n) is 4.07. The van der Waals surface area contributed by atoms with Crippen molar-refractivity contribution in [2.24, 2.45) is 18.9 Å². The highest BCUT2D eigenvalue weighted by atomic mass is 32.2. The van der Waals surface area contributed by atoms with Crippen LogP contribution < -0.4 is 9.47 Å². The number of benzene rings is 1. The van der Waals surface area contributed by atoms with Gasteiger partial charge in [0.25, 0.3) is 0 Å². The zero-order chi connectivity index (χ0) is 16.8. The molecule has 0 bridgehead atoms. The third-order valence-electron chi connectivity index (χ3n) is 5.30. The van der Waals surface area contributed by atoms with Crippen molar-refractivity contribution < 1.29 is 9.47 Å². The quantitative estimate of drug-likeness (QED) is 0.760. The number of ether oxygens (including phenoxy) is 2. The summed E-state index contributed by atoms with van der Waals surface area (Å²) >= 11 is 3.81. The van der Waals surface area contributed by atoms with Gasteiger partial charge in [-0.3, -0.25) is 0 Å². The second-order valence-electron chi connectivity index (χ2n) is 7.01. The first-order chi connectivity index (χ1) is 12.2. The molecule has 132 valence electrons. The summed E-state index contributed by atoms with van der Waals surface area (Å²) in [6, 6.07) is 6.24. The predicted octanol–water partition coefficient (Wildman–Crippen LogP) is 3.66. The summed E-state index contributed by atoms with van der Waals surface area (Å²) in [4.78, 5) is 5.70. The van der Waals surface area contributed by atoms with Crippen molar-refractivity contribution in [3.8, 4) is 11.5 Å². The van der Waals surface area contributed by atoms with Gasteiger partial charge < -0.3 is 14.0 Å². The van der Waals surface area contributed by atoms with Crippen molar-refractivity contribution in [2.45, 2.75) is 28.1 Å².